The summed E-state index contributed by atoms with van der Waals surface area (Å²) in [4.78, 5) is 2.44. The Morgan fingerprint density at radius 3 is 3.00 bits per heavy atom. The molecule has 0 spiro atoms. The van der Waals surface area contributed by atoms with Gasteiger partial charge in [-0.15, -0.1) is 0 Å². The third-order valence-electron chi connectivity index (χ3n) is 2.74. The van der Waals surface area contributed by atoms with Crippen LogP contribution in [0.4, 0.5) is 0 Å². The predicted octanol–water partition coefficient (Wildman–Crippen LogP) is 1.23. The fourth-order valence-electron chi connectivity index (χ4n) is 1.87. The van der Waals surface area contributed by atoms with E-state index in [2.05, 4.69) is 11.8 Å². The number of nitrogens with zero attached hydrogens (tertiary/aromatic N) is 1. The minimum absolute atomic E-state index is 0.355. The second-order valence-electron chi connectivity index (χ2n) is 4.17. The number of hydrogen-bond donors (Lipinski definition) is 1. The summed E-state index contributed by atoms with van der Waals surface area (Å²) in [6.45, 7) is 7.26. The average Bonchev–Trinajstić information content (AvgIpc) is 2.43. The molecule has 3 heteroatoms. The Hall–Kier alpha value is -0.120. The third-order valence-corrected chi connectivity index (χ3v) is 2.74. The van der Waals surface area contributed by atoms with Gasteiger partial charge in [-0.05, 0) is 12.8 Å². The molecule has 1 aliphatic heterocycles. The van der Waals surface area contributed by atoms with E-state index in [-0.39, 0.29) is 0 Å². The Balaban J connectivity index is 2.13. The lowest BCUT2D eigenvalue weighted by atomic mass is 10.1. The number of rotatable bonds is 5. The van der Waals surface area contributed by atoms with Gasteiger partial charge in [0.25, 0.3) is 0 Å². The Labute approximate surface area is 87.6 Å². The maximum absolute atomic E-state index is 6.06. The SMILES string of the molecule is CCCCC(N)CN1CCCOCC1. The van der Waals surface area contributed by atoms with E-state index in [1.807, 2.05) is 0 Å². The highest BCUT2D eigenvalue weighted by molar-refractivity contribution is 4.69. The van der Waals surface area contributed by atoms with Crippen molar-refractivity contribution in [2.45, 2.75) is 38.6 Å². The van der Waals surface area contributed by atoms with Gasteiger partial charge in [0.15, 0.2) is 0 Å². The highest BCUT2D eigenvalue weighted by Gasteiger charge is 2.12. The van der Waals surface area contributed by atoms with Crippen molar-refractivity contribution in [3.8, 4) is 0 Å². The number of nitrogens with two attached hydrogens (primary N) is 1. The molecular weight excluding hydrogens is 176 g/mol. The van der Waals surface area contributed by atoms with Crippen molar-refractivity contribution in [1.29, 1.82) is 0 Å². The Kier molecular flexibility index (Phi) is 6.15. The van der Waals surface area contributed by atoms with Gasteiger partial charge < -0.3 is 10.5 Å². The van der Waals surface area contributed by atoms with E-state index in [1.165, 1.54) is 12.8 Å². The molecule has 2 N–H and O–H groups in total. The summed E-state index contributed by atoms with van der Waals surface area (Å²) in [5, 5.41) is 0. The zero-order chi connectivity index (χ0) is 10.2. The maximum atomic E-state index is 6.06. The van der Waals surface area contributed by atoms with Crippen molar-refractivity contribution in [2.24, 2.45) is 5.73 Å². The van der Waals surface area contributed by atoms with Crippen LogP contribution >= 0.6 is 0 Å². The van der Waals surface area contributed by atoms with Crippen molar-refractivity contribution in [2.75, 3.05) is 32.8 Å². The van der Waals surface area contributed by atoms with Gasteiger partial charge >= 0.3 is 0 Å². The fourth-order valence-corrected chi connectivity index (χ4v) is 1.87. The van der Waals surface area contributed by atoms with Gasteiger partial charge in [-0.1, -0.05) is 19.8 Å². The number of hydrogen-bond acceptors (Lipinski definition) is 3. The highest BCUT2D eigenvalue weighted by Crippen LogP contribution is 2.03. The van der Waals surface area contributed by atoms with E-state index >= 15 is 0 Å². The molecule has 0 aromatic carbocycles. The molecule has 1 rings (SSSR count). The zero-order valence-corrected chi connectivity index (χ0v) is 9.37. The van der Waals surface area contributed by atoms with Gasteiger partial charge in [-0.25, -0.2) is 0 Å². The smallest absolute Gasteiger partial charge is 0.0593 e. The summed E-state index contributed by atoms with van der Waals surface area (Å²) in [5.41, 5.74) is 6.06. The Morgan fingerprint density at radius 2 is 2.21 bits per heavy atom. The van der Waals surface area contributed by atoms with E-state index in [4.69, 9.17) is 10.5 Å². The normalized spacial score (nSPS) is 21.9. The van der Waals surface area contributed by atoms with Gasteiger partial charge in [-0.2, -0.15) is 0 Å². The molecule has 0 aliphatic carbocycles. The molecule has 1 fully saturated rings. The molecule has 0 aromatic rings. The maximum Gasteiger partial charge on any atom is 0.0593 e. The van der Waals surface area contributed by atoms with Crippen LogP contribution in [-0.4, -0.2) is 43.8 Å². The summed E-state index contributed by atoms with van der Waals surface area (Å²) >= 11 is 0. The van der Waals surface area contributed by atoms with Crippen LogP contribution in [0.25, 0.3) is 0 Å². The van der Waals surface area contributed by atoms with Gasteiger partial charge in [0.1, 0.15) is 0 Å². The van der Waals surface area contributed by atoms with Gasteiger partial charge in [0.2, 0.25) is 0 Å². The molecular formula is C11H24N2O. The van der Waals surface area contributed by atoms with Crippen molar-refractivity contribution in [3.05, 3.63) is 0 Å². The highest BCUT2D eigenvalue weighted by atomic mass is 16.5. The molecule has 0 bridgehead atoms. The van der Waals surface area contributed by atoms with Crippen LogP contribution in [0.3, 0.4) is 0 Å². The molecule has 0 amide bonds. The van der Waals surface area contributed by atoms with Gasteiger partial charge in [0, 0.05) is 32.3 Å². The molecule has 3 nitrogen and oxygen atoms in total. The molecule has 0 aromatic heterocycles. The van der Waals surface area contributed by atoms with E-state index in [0.717, 1.165) is 45.7 Å². The van der Waals surface area contributed by atoms with Crippen LogP contribution in [0.15, 0.2) is 0 Å². The van der Waals surface area contributed by atoms with E-state index in [9.17, 15) is 0 Å². The number of ether oxygens (including phenoxy) is 1. The Bertz CT molecular complexity index is 133. The molecule has 1 aliphatic rings. The third kappa shape index (κ3) is 4.94. The van der Waals surface area contributed by atoms with E-state index in [1.54, 1.807) is 0 Å². The van der Waals surface area contributed by atoms with Crippen molar-refractivity contribution < 1.29 is 4.74 Å². The first kappa shape index (κ1) is 12.0. The molecule has 1 unspecified atom stereocenters. The van der Waals surface area contributed by atoms with Crippen molar-refractivity contribution in [3.63, 3.8) is 0 Å². The summed E-state index contributed by atoms with van der Waals surface area (Å²) in [6, 6.07) is 0.355. The molecule has 1 atom stereocenters. The minimum atomic E-state index is 0.355. The average molecular weight is 200 g/mol. The lowest BCUT2D eigenvalue weighted by Gasteiger charge is -2.23. The second kappa shape index (κ2) is 7.21. The first-order valence-corrected chi connectivity index (χ1v) is 5.88. The molecule has 0 saturated carbocycles. The summed E-state index contributed by atoms with van der Waals surface area (Å²) in [7, 11) is 0. The second-order valence-corrected chi connectivity index (χ2v) is 4.17. The minimum Gasteiger partial charge on any atom is -0.380 e. The number of unbranched alkanes of at least 4 members (excludes halogenated alkanes) is 1. The monoisotopic (exact) mass is 200 g/mol. The van der Waals surface area contributed by atoms with Gasteiger partial charge in [-0.3, -0.25) is 4.90 Å². The van der Waals surface area contributed by atoms with Crippen LogP contribution in [0.5, 0.6) is 0 Å². The van der Waals surface area contributed by atoms with E-state index in [0.29, 0.717) is 6.04 Å². The van der Waals surface area contributed by atoms with Crippen molar-refractivity contribution in [1.82, 2.24) is 4.90 Å². The van der Waals surface area contributed by atoms with Crippen LogP contribution in [-0.2, 0) is 4.74 Å². The van der Waals surface area contributed by atoms with Crippen LogP contribution in [0, 0.1) is 0 Å². The fraction of sp³-hybridized carbons (Fsp3) is 1.00. The lowest BCUT2D eigenvalue weighted by Crippen LogP contribution is -2.38. The quantitative estimate of drug-likeness (QED) is 0.725. The van der Waals surface area contributed by atoms with Crippen LogP contribution in [0.2, 0.25) is 0 Å². The topological polar surface area (TPSA) is 38.5 Å². The molecule has 14 heavy (non-hydrogen) atoms. The largest absolute Gasteiger partial charge is 0.380 e. The lowest BCUT2D eigenvalue weighted by molar-refractivity contribution is 0.140. The van der Waals surface area contributed by atoms with E-state index < -0.39 is 0 Å². The molecule has 1 saturated heterocycles. The standard InChI is InChI=1S/C11H24N2O/c1-2-3-5-11(12)10-13-6-4-8-14-9-7-13/h11H,2-10,12H2,1H3. The van der Waals surface area contributed by atoms with Crippen LogP contribution in [0.1, 0.15) is 32.6 Å². The first-order valence-electron chi connectivity index (χ1n) is 5.88. The Morgan fingerprint density at radius 1 is 1.36 bits per heavy atom. The first-order chi connectivity index (χ1) is 6.83. The predicted molar refractivity (Wildman–Crippen MR) is 59.4 cm³/mol. The summed E-state index contributed by atoms with van der Waals surface area (Å²) < 4.78 is 5.40. The molecule has 0 radical (unpaired) electrons. The zero-order valence-electron chi connectivity index (χ0n) is 9.37. The molecule has 1 heterocycles. The summed E-state index contributed by atoms with van der Waals surface area (Å²) in [5.74, 6) is 0. The van der Waals surface area contributed by atoms with Crippen LogP contribution < -0.4 is 5.73 Å². The summed E-state index contributed by atoms with van der Waals surface area (Å²) in [6.07, 6.45) is 4.82. The van der Waals surface area contributed by atoms with Gasteiger partial charge in [0.05, 0.1) is 6.61 Å². The molecule has 84 valence electrons. The van der Waals surface area contributed by atoms with Crippen molar-refractivity contribution >= 4 is 0 Å².